The predicted molar refractivity (Wildman–Crippen MR) is 106 cm³/mol. The fraction of sp³-hybridized carbons (Fsp3) is 0.333. The maximum absolute atomic E-state index is 12.7. The van der Waals surface area contributed by atoms with E-state index in [0.717, 1.165) is 0 Å². The van der Waals surface area contributed by atoms with E-state index < -0.39 is 0 Å². The van der Waals surface area contributed by atoms with Crippen LogP contribution in [0.2, 0.25) is 0 Å². The number of amides is 4. The highest BCUT2D eigenvalue weighted by atomic mass is 32.1. The summed E-state index contributed by atoms with van der Waals surface area (Å²) in [6.07, 6.45) is 0.154. The minimum atomic E-state index is -0.337. The lowest BCUT2D eigenvalue weighted by Gasteiger charge is -2.20. The molecule has 0 spiro atoms. The van der Waals surface area contributed by atoms with Crippen molar-refractivity contribution in [1.29, 1.82) is 0 Å². The third-order valence-electron chi connectivity index (χ3n) is 4.22. The molecule has 2 aromatic rings. The molecule has 2 heterocycles. The number of likely N-dealkylation sites (N-methyl/N-ethyl adjacent to an activating group) is 1. The molecule has 148 valence electrons. The van der Waals surface area contributed by atoms with Gasteiger partial charge >= 0.3 is 6.03 Å². The van der Waals surface area contributed by atoms with Gasteiger partial charge in [-0.25, -0.2) is 9.78 Å². The van der Waals surface area contributed by atoms with Gasteiger partial charge in [-0.3, -0.25) is 14.5 Å². The van der Waals surface area contributed by atoms with Crippen LogP contribution in [0.4, 0.5) is 15.6 Å². The summed E-state index contributed by atoms with van der Waals surface area (Å²) in [6.45, 7) is 0.832. The van der Waals surface area contributed by atoms with E-state index in [9.17, 15) is 14.4 Å². The van der Waals surface area contributed by atoms with E-state index in [2.05, 4.69) is 15.6 Å². The van der Waals surface area contributed by atoms with Crippen LogP contribution in [-0.4, -0.2) is 61.5 Å². The number of methoxy groups -OCH3 is 1. The predicted octanol–water partition coefficient (Wildman–Crippen LogP) is 1.32. The van der Waals surface area contributed by atoms with E-state index in [-0.39, 0.29) is 30.8 Å². The molecule has 1 aromatic heterocycles. The summed E-state index contributed by atoms with van der Waals surface area (Å²) in [4.78, 5) is 43.6. The number of hydrogen-bond donors (Lipinski definition) is 2. The van der Waals surface area contributed by atoms with Crippen molar-refractivity contribution < 1.29 is 19.1 Å². The van der Waals surface area contributed by atoms with Gasteiger partial charge in [0.05, 0.1) is 24.9 Å². The summed E-state index contributed by atoms with van der Waals surface area (Å²) >= 11 is 1.24. The van der Waals surface area contributed by atoms with Gasteiger partial charge in [0.25, 0.3) is 0 Å². The molecule has 0 saturated carbocycles. The van der Waals surface area contributed by atoms with Crippen molar-refractivity contribution in [2.75, 3.05) is 44.0 Å². The van der Waals surface area contributed by atoms with E-state index in [1.54, 1.807) is 30.5 Å². The smallest absolute Gasteiger partial charge is 0.325 e. The van der Waals surface area contributed by atoms with Gasteiger partial charge in [0, 0.05) is 25.5 Å². The zero-order valence-electron chi connectivity index (χ0n) is 15.6. The Morgan fingerprint density at radius 1 is 1.25 bits per heavy atom. The molecule has 10 heteroatoms. The van der Waals surface area contributed by atoms with Gasteiger partial charge in [-0.05, 0) is 12.1 Å². The van der Waals surface area contributed by atoms with Gasteiger partial charge < -0.3 is 20.3 Å². The molecule has 0 radical (unpaired) electrons. The van der Waals surface area contributed by atoms with Crippen LogP contribution in [0, 0.1) is 0 Å². The van der Waals surface area contributed by atoms with E-state index in [1.165, 1.54) is 16.2 Å². The van der Waals surface area contributed by atoms with Crippen LogP contribution in [0.1, 0.15) is 5.69 Å². The lowest BCUT2D eigenvalue weighted by molar-refractivity contribution is -0.120. The average molecular weight is 403 g/mol. The van der Waals surface area contributed by atoms with Gasteiger partial charge in [-0.1, -0.05) is 12.1 Å². The first-order chi connectivity index (χ1) is 13.5. The number of urea groups is 1. The first kappa shape index (κ1) is 19.6. The summed E-state index contributed by atoms with van der Waals surface area (Å²) < 4.78 is 5.31. The topological polar surface area (TPSA) is 104 Å². The van der Waals surface area contributed by atoms with Crippen molar-refractivity contribution >= 4 is 40.0 Å². The molecule has 0 bridgehead atoms. The van der Waals surface area contributed by atoms with Gasteiger partial charge in [0.1, 0.15) is 12.3 Å². The summed E-state index contributed by atoms with van der Waals surface area (Å²) in [5.74, 6) is 0.118. The highest BCUT2D eigenvalue weighted by molar-refractivity contribution is 7.13. The average Bonchev–Trinajstić information content (AvgIpc) is 3.28. The zero-order valence-corrected chi connectivity index (χ0v) is 16.4. The Hall–Kier alpha value is -3.14. The molecule has 0 unspecified atom stereocenters. The number of aromatic nitrogens is 1. The molecule has 28 heavy (non-hydrogen) atoms. The third-order valence-corrected chi connectivity index (χ3v) is 5.03. The van der Waals surface area contributed by atoms with Crippen LogP contribution in [0.3, 0.4) is 0 Å². The number of para-hydroxylation sites is 2. The van der Waals surface area contributed by atoms with Crippen molar-refractivity contribution in [3.63, 3.8) is 0 Å². The van der Waals surface area contributed by atoms with Crippen molar-refractivity contribution in [2.45, 2.75) is 6.42 Å². The number of carbonyl (C=O) groups is 3. The maximum Gasteiger partial charge on any atom is 0.325 e. The molecule has 1 fully saturated rings. The lowest BCUT2D eigenvalue weighted by Crippen LogP contribution is -2.37. The van der Waals surface area contributed by atoms with Crippen LogP contribution in [0.25, 0.3) is 0 Å². The van der Waals surface area contributed by atoms with Crippen molar-refractivity contribution in [3.05, 3.63) is 35.3 Å². The van der Waals surface area contributed by atoms with E-state index in [4.69, 9.17) is 4.74 Å². The molecule has 1 aliphatic heterocycles. The molecular formula is C18H21N5O4S. The van der Waals surface area contributed by atoms with E-state index >= 15 is 0 Å². The molecule has 2 N–H and O–H groups in total. The normalized spacial score (nSPS) is 13.6. The van der Waals surface area contributed by atoms with Gasteiger partial charge in [0.2, 0.25) is 11.8 Å². The minimum absolute atomic E-state index is 0.0746. The summed E-state index contributed by atoms with van der Waals surface area (Å²) in [6, 6.07) is 7.01. The quantitative estimate of drug-likeness (QED) is 0.726. The number of nitrogens with zero attached hydrogens (tertiary/aromatic N) is 3. The standard InChI is InChI=1S/C18H21N5O4S/c1-19-15(24)9-12-11-28-17(20-12)21-16(25)10-22-7-8-23(18(22)26)13-5-3-4-6-14(13)27-2/h3-6,11H,7-10H2,1-2H3,(H,19,24)(H,20,21,25). The van der Waals surface area contributed by atoms with Crippen molar-refractivity contribution in [2.24, 2.45) is 0 Å². The minimum Gasteiger partial charge on any atom is -0.495 e. The van der Waals surface area contributed by atoms with Crippen LogP contribution in [0.15, 0.2) is 29.6 Å². The van der Waals surface area contributed by atoms with Gasteiger partial charge in [0.15, 0.2) is 5.13 Å². The number of hydrogen-bond acceptors (Lipinski definition) is 6. The molecule has 3 rings (SSSR count). The fourth-order valence-corrected chi connectivity index (χ4v) is 3.56. The Morgan fingerprint density at radius 3 is 2.79 bits per heavy atom. The molecule has 0 atom stereocenters. The van der Waals surface area contributed by atoms with Crippen molar-refractivity contribution in [3.8, 4) is 5.75 Å². The first-order valence-electron chi connectivity index (χ1n) is 8.66. The number of benzene rings is 1. The van der Waals surface area contributed by atoms with Crippen LogP contribution in [-0.2, 0) is 16.0 Å². The molecule has 4 amide bonds. The third kappa shape index (κ3) is 4.39. The summed E-state index contributed by atoms with van der Waals surface area (Å²) in [7, 11) is 3.11. The largest absolute Gasteiger partial charge is 0.495 e. The summed E-state index contributed by atoms with van der Waals surface area (Å²) in [5.41, 5.74) is 1.26. The monoisotopic (exact) mass is 403 g/mol. The summed E-state index contributed by atoms with van der Waals surface area (Å²) in [5, 5.41) is 7.32. The second-order valence-electron chi connectivity index (χ2n) is 6.07. The number of rotatable bonds is 7. The van der Waals surface area contributed by atoms with Gasteiger partial charge in [-0.2, -0.15) is 0 Å². The second-order valence-corrected chi connectivity index (χ2v) is 6.93. The Morgan fingerprint density at radius 2 is 2.04 bits per heavy atom. The molecule has 1 aromatic carbocycles. The number of nitrogens with one attached hydrogen (secondary N) is 2. The Bertz CT molecular complexity index is 884. The highest BCUT2D eigenvalue weighted by Gasteiger charge is 2.32. The number of ether oxygens (including phenoxy) is 1. The SMILES string of the molecule is CNC(=O)Cc1csc(NC(=O)CN2CCN(c3ccccc3OC)C2=O)n1. The Labute approximate surface area is 166 Å². The molecular weight excluding hydrogens is 382 g/mol. The molecule has 1 saturated heterocycles. The van der Waals surface area contributed by atoms with Crippen LogP contribution in [0.5, 0.6) is 5.75 Å². The second kappa shape index (κ2) is 8.70. The maximum atomic E-state index is 12.7. The van der Waals surface area contributed by atoms with Crippen molar-refractivity contribution in [1.82, 2.24) is 15.2 Å². The van der Waals surface area contributed by atoms with E-state index in [0.29, 0.717) is 35.4 Å². The molecule has 9 nitrogen and oxygen atoms in total. The van der Waals surface area contributed by atoms with Gasteiger partial charge in [-0.15, -0.1) is 11.3 Å². The fourth-order valence-electron chi connectivity index (χ4n) is 2.84. The zero-order chi connectivity index (χ0) is 20.1. The molecule has 0 aliphatic carbocycles. The molecule has 1 aliphatic rings. The van der Waals surface area contributed by atoms with Crippen LogP contribution >= 0.6 is 11.3 Å². The number of anilines is 2. The van der Waals surface area contributed by atoms with Crippen LogP contribution < -0.4 is 20.3 Å². The lowest BCUT2D eigenvalue weighted by atomic mass is 10.2. The van der Waals surface area contributed by atoms with E-state index in [1.807, 2.05) is 18.2 Å². The Kier molecular flexibility index (Phi) is 6.09. The number of carbonyl (C=O) groups excluding carboxylic acids is 3. The first-order valence-corrected chi connectivity index (χ1v) is 9.54. The Balaban J connectivity index is 1.58. The highest BCUT2D eigenvalue weighted by Crippen LogP contribution is 2.30. The number of thiazole rings is 1.